The molecule has 0 radical (unpaired) electrons. The Bertz CT molecular complexity index is 182. The standard InChI is InChI=1S/C8H15NO2S/c1-8(2)6(7(10)11-3)9-4-5-12-8/h6,9H,4-5H2,1-3H3. The second-order valence-electron chi connectivity index (χ2n) is 3.36. The molecule has 1 aliphatic rings. The van der Waals surface area contributed by atoms with E-state index in [-0.39, 0.29) is 16.8 Å². The first kappa shape index (κ1) is 9.86. The number of hydrogen-bond acceptors (Lipinski definition) is 4. The molecule has 0 aromatic heterocycles. The van der Waals surface area contributed by atoms with E-state index in [0.717, 1.165) is 12.3 Å². The van der Waals surface area contributed by atoms with Gasteiger partial charge in [0, 0.05) is 17.0 Å². The molecule has 0 bridgehead atoms. The average molecular weight is 189 g/mol. The Morgan fingerprint density at radius 1 is 1.67 bits per heavy atom. The predicted molar refractivity (Wildman–Crippen MR) is 50.3 cm³/mol. The van der Waals surface area contributed by atoms with Crippen LogP contribution in [0.25, 0.3) is 0 Å². The Labute approximate surface area is 77.2 Å². The van der Waals surface area contributed by atoms with Gasteiger partial charge in [0.05, 0.1) is 7.11 Å². The van der Waals surface area contributed by atoms with E-state index in [1.807, 2.05) is 11.8 Å². The van der Waals surface area contributed by atoms with E-state index in [9.17, 15) is 4.79 Å². The molecule has 0 amide bonds. The van der Waals surface area contributed by atoms with E-state index < -0.39 is 0 Å². The van der Waals surface area contributed by atoms with Crippen molar-refractivity contribution in [1.82, 2.24) is 5.32 Å². The summed E-state index contributed by atoms with van der Waals surface area (Å²) in [5.41, 5.74) is 0. The van der Waals surface area contributed by atoms with Crippen LogP contribution < -0.4 is 5.32 Å². The van der Waals surface area contributed by atoms with Crippen LogP contribution in [0.3, 0.4) is 0 Å². The summed E-state index contributed by atoms with van der Waals surface area (Å²) in [4.78, 5) is 11.3. The van der Waals surface area contributed by atoms with Crippen molar-refractivity contribution in [2.45, 2.75) is 24.6 Å². The van der Waals surface area contributed by atoms with Gasteiger partial charge in [0.15, 0.2) is 0 Å². The third-order valence-electron chi connectivity index (χ3n) is 2.06. The van der Waals surface area contributed by atoms with Crippen molar-refractivity contribution in [2.75, 3.05) is 19.4 Å². The lowest BCUT2D eigenvalue weighted by Crippen LogP contribution is -2.54. The van der Waals surface area contributed by atoms with Crippen LogP contribution in [-0.2, 0) is 9.53 Å². The minimum Gasteiger partial charge on any atom is -0.468 e. The van der Waals surface area contributed by atoms with Gasteiger partial charge in [-0.25, -0.2) is 0 Å². The molecule has 1 saturated heterocycles. The molecule has 1 unspecified atom stereocenters. The van der Waals surface area contributed by atoms with Crippen molar-refractivity contribution in [3.05, 3.63) is 0 Å². The van der Waals surface area contributed by atoms with Crippen LogP contribution in [0.5, 0.6) is 0 Å². The van der Waals surface area contributed by atoms with E-state index in [4.69, 9.17) is 4.74 Å². The van der Waals surface area contributed by atoms with Gasteiger partial charge in [-0.15, -0.1) is 0 Å². The normalized spacial score (nSPS) is 28.1. The van der Waals surface area contributed by atoms with Gasteiger partial charge in [0.25, 0.3) is 0 Å². The highest BCUT2D eigenvalue weighted by Crippen LogP contribution is 2.31. The van der Waals surface area contributed by atoms with Crippen LogP contribution in [0.4, 0.5) is 0 Å². The lowest BCUT2D eigenvalue weighted by molar-refractivity contribution is -0.143. The van der Waals surface area contributed by atoms with Gasteiger partial charge in [0.2, 0.25) is 0 Å². The molecule has 1 aliphatic heterocycles. The molecule has 3 nitrogen and oxygen atoms in total. The highest BCUT2D eigenvalue weighted by atomic mass is 32.2. The molecule has 12 heavy (non-hydrogen) atoms. The zero-order valence-electron chi connectivity index (χ0n) is 7.72. The molecule has 1 N–H and O–H groups in total. The van der Waals surface area contributed by atoms with E-state index in [2.05, 4.69) is 19.2 Å². The topological polar surface area (TPSA) is 38.3 Å². The molecule has 1 atom stereocenters. The average Bonchev–Trinajstić information content (AvgIpc) is 2.02. The predicted octanol–water partition coefficient (Wildman–Crippen LogP) is 0.643. The summed E-state index contributed by atoms with van der Waals surface area (Å²) < 4.78 is 4.66. The summed E-state index contributed by atoms with van der Waals surface area (Å²) in [6, 6.07) is -0.166. The van der Waals surface area contributed by atoms with Gasteiger partial charge in [0.1, 0.15) is 6.04 Å². The number of ether oxygens (including phenoxy) is 1. The third-order valence-corrected chi connectivity index (χ3v) is 3.44. The summed E-state index contributed by atoms with van der Waals surface area (Å²) in [6.07, 6.45) is 0. The SMILES string of the molecule is COC(=O)C1NCCSC1(C)C. The molecule has 1 heterocycles. The Hall–Kier alpha value is -0.220. The Kier molecular flexibility index (Phi) is 3.01. The van der Waals surface area contributed by atoms with E-state index >= 15 is 0 Å². The van der Waals surface area contributed by atoms with Gasteiger partial charge in [-0.1, -0.05) is 0 Å². The summed E-state index contributed by atoms with van der Waals surface area (Å²) in [7, 11) is 1.43. The Morgan fingerprint density at radius 3 is 2.83 bits per heavy atom. The molecule has 0 spiro atoms. The van der Waals surface area contributed by atoms with Gasteiger partial charge < -0.3 is 10.1 Å². The number of hydrogen-bond donors (Lipinski definition) is 1. The van der Waals surface area contributed by atoms with Gasteiger partial charge in [-0.3, -0.25) is 4.79 Å². The summed E-state index contributed by atoms with van der Waals surface area (Å²) in [5.74, 6) is 0.896. The molecular formula is C8H15NO2S. The minimum atomic E-state index is -0.166. The van der Waals surface area contributed by atoms with Gasteiger partial charge >= 0.3 is 5.97 Å². The zero-order valence-corrected chi connectivity index (χ0v) is 8.53. The van der Waals surface area contributed by atoms with Crippen LogP contribution >= 0.6 is 11.8 Å². The Balaban J connectivity index is 2.66. The smallest absolute Gasteiger partial charge is 0.324 e. The number of esters is 1. The highest BCUT2D eigenvalue weighted by Gasteiger charge is 2.38. The van der Waals surface area contributed by atoms with Crippen molar-refractivity contribution >= 4 is 17.7 Å². The van der Waals surface area contributed by atoms with E-state index in [1.54, 1.807) is 0 Å². The first-order chi connectivity index (χ1) is 5.58. The minimum absolute atomic E-state index is 0.0503. The van der Waals surface area contributed by atoms with E-state index in [1.165, 1.54) is 7.11 Å². The van der Waals surface area contributed by atoms with E-state index in [0.29, 0.717) is 0 Å². The van der Waals surface area contributed by atoms with Crippen LogP contribution in [0.2, 0.25) is 0 Å². The Morgan fingerprint density at radius 2 is 2.33 bits per heavy atom. The number of carbonyl (C=O) groups excluding carboxylic acids is 1. The van der Waals surface area contributed by atoms with Gasteiger partial charge in [-0.2, -0.15) is 11.8 Å². The number of methoxy groups -OCH3 is 1. The maximum atomic E-state index is 11.3. The first-order valence-corrected chi connectivity index (χ1v) is 5.01. The molecule has 0 aromatic rings. The fourth-order valence-electron chi connectivity index (χ4n) is 1.33. The van der Waals surface area contributed by atoms with Crippen molar-refractivity contribution in [3.8, 4) is 0 Å². The largest absolute Gasteiger partial charge is 0.468 e. The summed E-state index contributed by atoms with van der Waals surface area (Å²) in [5, 5.41) is 3.16. The number of nitrogens with one attached hydrogen (secondary N) is 1. The van der Waals surface area contributed by atoms with Crippen LogP contribution in [0.15, 0.2) is 0 Å². The number of carbonyl (C=O) groups is 1. The number of thioether (sulfide) groups is 1. The lowest BCUT2D eigenvalue weighted by Gasteiger charge is -2.36. The maximum absolute atomic E-state index is 11.3. The zero-order chi connectivity index (χ0) is 9.19. The quantitative estimate of drug-likeness (QED) is 0.614. The van der Waals surface area contributed by atoms with Crippen LogP contribution in [0, 0.1) is 0 Å². The third kappa shape index (κ3) is 1.93. The lowest BCUT2D eigenvalue weighted by atomic mass is 10.0. The van der Waals surface area contributed by atoms with Crippen molar-refractivity contribution in [3.63, 3.8) is 0 Å². The van der Waals surface area contributed by atoms with Crippen molar-refractivity contribution in [1.29, 1.82) is 0 Å². The molecule has 0 saturated carbocycles. The highest BCUT2D eigenvalue weighted by molar-refractivity contribution is 8.00. The monoisotopic (exact) mass is 189 g/mol. The fourth-order valence-corrected chi connectivity index (χ4v) is 2.42. The van der Waals surface area contributed by atoms with Crippen molar-refractivity contribution < 1.29 is 9.53 Å². The second-order valence-corrected chi connectivity index (χ2v) is 5.11. The summed E-state index contributed by atoms with van der Waals surface area (Å²) >= 11 is 1.81. The molecule has 4 heteroatoms. The molecule has 0 aliphatic carbocycles. The molecule has 0 aromatic carbocycles. The molecule has 1 fully saturated rings. The first-order valence-electron chi connectivity index (χ1n) is 4.03. The summed E-state index contributed by atoms with van der Waals surface area (Å²) in [6.45, 7) is 5.00. The molecule has 70 valence electrons. The molecular weight excluding hydrogens is 174 g/mol. The maximum Gasteiger partial charge on any atom is 0.324 e. The van der Waals surface area contributed by atoms with Gasteiger partial charge in [-0.05, 0) is 13.8 Å². The van der Waals surface area contributed by atoms with Crippen LogP contribution in [0.1, 0.15) is 13.8 Å². The molecule has 1 rings (SSSR count). The van der Waals surface area contributed by atoms with Crippen molar-refractivity contribution in [2.24, 2.45) is 0 Å². The van der Waals surface area contributed by atoms with Crippen LogP contribution in [-0.4, -0.2) is 36.2 Å². The number of rotatable bonds is 1. The second kappa shape index (κ2) is 3.66. The fraction of sp³-hybridized carbons (Fsp3) is 0.875.